The number of amides is 2. The Hall–Kier alpha value is -2.37. The van der Waals surface area contributed by atoms with Gasteiger partial charge in [-0.05, 0) is 106 Å². The van der Waals surface area contributed by atoms with Crippen LogP contribution in [0.1, 0.15) is 68.4 Å². The fourth-order valence-corrected chi connectivity index (χ4v) is 5.50. The van der Waals surface area contributed by atoms with Gasteiger partial charge in [-0.3, -0.25) is 9.59 Å². The summed E-state index contributed by atoms with van der Waals surface area (Å²) in [7, 11) is 0. The van der Waals surface area contributed by atoms with Crippen molar-refractivity contribution < 1.29 is 9.59 Å². The molecule has 6 heteroatoms. The van der Waals surface area contributed by atoms with E-state index in [1.807, 2.05) is 18.2 Å². The minimum Gasteiger partial charge on any atom is -0.356 e. The van der Waals surface area contributed by atoms with Crippen molar-refractivity contribution >= 4 is 29.1 Å². The number of carbonyl (C=O) groups is 2. The summed E-state index contributed by atoms with van der Waals surface area (Å²) < 4.78 is 0. The third-order valence-corrected chi connectivity index (χ3v) is 8.20. The number of hydrogen-bond acceptors (Lipinski definition) is 3. The van der Waals surface area contributed by atoms with E-state index in [0.29, 0.717) is 12.3 Å². The van der Waals surface area contributed by atoms with E-state index >= 15 is 0 Å². The lowest BCUT2D eigenvalue weighted by atomic mass is 9.89. The zero-order chi connectivity index (χ0) is 24.3. The van der Waals surface area contributed by atoms with Gasteiger partial charge in [0.2, 0.25) is 11.8 Å². The largest absolute Gasteiger partial charge is 0.356 e. The lowest BCUT2D eigenvalue weighted by molar-refractivity contribution is -0.121. The molecule has 2 aromatic rings. The number of anilines is 1. The Morgan fingerprint density at radius 1 is 1.00 bits per heavy atom. The van der Waals surface area contributed by atoms with Crippen LogP contribution in [0.15, 0.2) is 48.5 Å². The molecule has 0 unspecified atom stereocenters. The summed E-state index contributed by atoms with van der Waals surface area (Å²) in [5.41, 5.74) is 3.52. The Morgan fingerprint density at radius 2 is 1.74 bits per heavy atom. The number of carbonyl (C=O) groups excluding carboxylic acids is 2. The van der Waals surface area contributed by atoms with E-state index in [-0.39, 0.29) is 23.1 Å². The van der Waals surface area contributed by atoms with Crippen LogP contribution >= 0.6 is 11.6 Å². The fraction of sp³-hybridized carbons (Fsp3) is 0.517. The van der Waals surface area contributed by atoms with Crippen molar-refractivity contribution in [2.45, 2.75) is 62.7 Å². The van der Waals surface area contributed by atoms with E-state index in [0.717, 1.165) is 81.8 Å². The van der Waals surface area contributed by atoms with Gasteiger partial charge in [0, 0.05) is 35.0 Å². The van der Waals surface area contributed by atoms with Gasteiger partial charge >= 0.3 is 0 Å². The van der Waals surface area contributed by atoms with E-state index < -0.39 is 0 Å². The van der Waals surface area contributed by atoms with E-state index in [9.17, 15) is 9.59 Å². The zero-order valence-corrected chi connectivity index (χ0v) is 21.2. The molecule has 2 amide bonds. The van der Waals surface area contributed by atoms with Crippen molar-refractivity contribution in [1.82, 2.24) is 10.2 Å². The predicted octanol–water partition coefficient (Wildman–Crippen LogP) is 5.50. The first-order valence-electron chi connectivity index (χ1n) is 13.2. The van der Waals surface area contributed by atoms with Crippen LogP contribution in [0.4, 0.5) is 5.69 Å². The van der Waals surface area contributed by atoms with Gasteiger partial charge in [0.1, 0.15) is 0 Å². The number of piperidine rings is 1. The fourth-order valence-electron chi connectivity index (χ4n) is 5.37. The van der Waals surface area contributed by atoms with Crippen LogP contribution in [0, 0.1) is 5.92 Å². The molecule has 1 heterocycles. The van der Waals surface area contributed by atoms with Gasteiger partial charge in [0.15, 0.2) is 0 Å². The maximum Gasteiger partial charge on any atom is 0.227 e. The SMILES string of the molecule is O=C(CC1(c2ccc(Cl)cc2)CC1)NCCCN1CCC(c2cccc(NC(=O)C3CC3)c2)CC1. The monoisotopic (exact) mass is 493 g/mol. The van der Waals surface area contributed by atoms with Crippen LogP contribution in [0.5, 0.6) is 0 Å². The molecule has 35 heavy (non-hydrogen) atoms. The van der Waals surface area contributed by atoms with Crippen molar-refractivity contribution in [3.8, 4) is 0 Å². The highest BCUT2D eigenvalue weighted by atomic mass is 35.5. The molecule has 0 atom stereocenters. The molecule has 5 rings (SSSR count). The van der Waals surface area contributed by atoms with Crippen molar-refractivity contribution in [3.63, 3.8) is 0 Å². The summed E-state index contributed by atoms with van der Waals surface area (Å²) in [6.07, 6.45) is 8.02. The first-order valence-corrected chi connectivity index (χ1v) is 13.5. The molecule has 186 valence electrons. The molecule has 3 fully saturated rings. The van der Waals surface area contributed by atoms with Crippen LogP contribution < -0.4 is 10.6 Å². The topological polar surface area (TPSA) is 61.4 Å². The Morgan fingerprint density at radius 3 is 2.43 bits per heavy atom. The van der Waals surface area contributed by atoms with E-state index in [2.05, 4.69) is 45.9 Å². The maximum atomic E-state index is 12.5. The molecule has 0 radical (unpaired) electrons. The summed E-state index contributed by atoms with van der Waals surface area (Å²) in [5.74, 6) is 1.10. The van der Waals surface area contributed by atoms with Crippen molar-refractivity contribution in [2.24, 2.45) is 5.92 Å². The maximum absolute atomic E-state index is 12.5. The highest BCUT2D eigenvalue weighted by Crippen LogP contribution is 2.51. The highest BCUT2D eigenvalue weighted by molar-refractivity contribution is 6.30. The Bertz CT molecular complexity index is 1040. The minimum absolute atomic E-state index is 0.0224. The van der Waals surface area contributed by atoms with E-state index in [4.69, 9.17) is 11.6 Å². The third kappa shape index (κ3) is 6.45. The number of rotatable bonds is 10. The second kappa shape index (κ2) is 10.7. The Labute approximate surface area is 213 Å². The zero-order valence-electron chi connectivity index (χ0n) is 20.4. The first kappa shape index (κ1) is 24.3. The lowest BCUT2D eigenvalue weighted by Gasteiger charge is -2.32. The summed E-state index contributed by atoms with van der Waals surface area (Å²) in [5, 5.41) is 6.96. The average molecular weight is 494 g/mol. The molecule has 0 spiro atoms. The van der Waals surface area contributed by atoms with E-state index in [1.54, 1.807) is 0 Å². The van der Waals surface area contributed by atoms with Crippen molar-refractivity contribution in [3.05, 3.63) is 64.7 Å². The minimum atomic E-state index is 0.0224. The lowest BCUT2D eigenvalue weighted by Crippen LogP contribution is -2.36. The molecule has 1 saturated heterocycles. The number of benzene rings is 2. The highest BCUT2D eigenvalue weighted by Gasteiger charge is 2.45. The third-order valence-electron chi connectivity index (χ3n) is 7.94. The van der Waals surface area contributed by atoms with Gasteiger partial charge in [0.25, 0.3) is 0 Å². The molecule has 3 aliphatic rings. The molecule has 5 nitrogen and oxygen atoms in total. The summed E-state index contributed by atoms with van der Waals surface area (Å²) >= 11 is 6.01. The molecule has 2 aliphatic carbocycles. The second-order valence-electron chi connectivity index (χ2n) is 10.7. The number of hydrogen-bond donors (Lipinski definition) is 2. The Kier molecular flexibility index (Phi) is 7.45. The van der Waals surface area contributed by atoms with Gasteiger partial charge < -0.3 is 15.5 Å². The molecule has 1 aliphatic heterocycles. The second-order valence-corrected chi connectivity index (χ2v) is 11.1. The normalized spacial score (nSPS) is 19.8. The van der Waals surface area contributed by atoms with Gasteiger partial charge in [0.05, 0.1) is 0 Å². The summed E-state index contributed by atoms with van der Waals surface area (Å²) in [4.78, 5) is 27.1. The number of nitrogens with zero attached hydrogens (tertiary/aromatic N) is 1. The standard InChI is InChI=1S/C29H36ClN3O2/c30-25-9-7-24(8-10-25)29(13-14-29)20-27(34)31-15-2-16-33-17-11-21(12-18-33)23-3-1-4-26(19-23)32-28(35)22-5-6-22/h1,3-4,7-10,19,21-22H,2,5-6,11-18,20H2,(H,31,34)(H,32,35). The molecule has 0 aromatic heterocycles. The van der Waals surface area contributed by atoms with Crippen LogP contribution in [0.2, 0.25) is 5.02 Å². The average Bonchev–Trinajstić information content (AvgIpc) is 3.79. The van der Waals surface area contributed by atoms with Crippen molar-refractivity contribution in [2.75, 3.05) is 31.5 Å². The smallest absolute Gasteiger partial charge is 0.227 e. The van der Waals surface area contributed by atoms with Crippen LogP contribution in [0.25, 0.3) is 0 Å². The van der Waals surface area contributed by atoms with Crippen LogP contribution in [0.3, 0.4) is 0 Å². The summed E-state index contributed by atoms with van der Waals surface area (Å²) in [6.45, 7) is 3.92. The number of halogens is 1. The summed E-state index contributed by atoms with van der Waals surface area (Å²) in [6, 6.07) is 16.4. The number of nitrogens with one attached hydrogen (secondary N) is 2. The van der Waals surface area contributed by atoms with E-state index in [1.165, 1.54) is 11.1 Å². The molecular formula is C29H36ClN3O2. The first-order chi connectivity index (χ1) is 17.0. The molecule has 2 saturated carbocycles. The van der Waals surface area contributed by atoms with Gasteiger partial charge in [-0.25, -0.2) is 0 Å². The number of likely N-dealkylation sites (tertiary alicyclic amines) is 1. The molecule has 2 N–H and O–H groups in total. The van der Waals surface area contributed by atoms with Crippen LogP contribution in [-0.4, -0.2) is 42.9 Å². The Balaban J connectivity index is 0.997. The van der Waals surface area contributed by atoms with Gasteiger partial charge in [-0.2, -0.15) is 0 Å². The van der Waals surface area contributed by atoms with Gasteiger partial charge in [-0.1, -0.05) is 35.9 Å². The van der Waals surface area contributed by atoms with Gasteiger partial charge in [-0.15, -0.1) is 0 Å². The predicted molar refractivity (Wildman–Crippen MR) is 141 cm³/mol. The van der Waals surface area contributed by atoms with Crippen LogP contribution in [-0.2, 0) is 15.0 Å². The molecule has 2 aromatic carbocycles. The molecular weight excluding hydrogens is 458 g/mol. The quantitative estimate of drug-likeness (QED) is 0.430. The molecule has 0 bridgehead atoms. The van der Waals surface area contributed by atoms with Crippen molar-refractivity contribution in [1.29, 1.82) is 0 Å².